The maximum Gasteiger partial charge on any atom is 0.307 e. The van der Waals surface area contributed by atoms with Crippen LogP contribution in [0.2, 0.25) is 0 Å². The van der Waals surface area contributed by atoms with Gasteiger partial charge in [-0.25, -0.2) is 0 Å². The van der Waals surface area contributed by atoms with Gasteiger partial charge in [-0.2, -0.15) is 8.78 Å². The molecular formula is C12H17F2NO3S. The zero-order valence-electron chi connectivity index (χ0n) is 10.7. The number of halogens is 2. The molecule has 0 unspecified atom stereocenters. The van der Waals surface area contributed by atoms with Gasteiger partial charge < -0.3 is 14.5 Å². The summed E-state index contributed by atoms with van der Waals surface area (Å²) in [5.41, 5.74) is 0. The summed E-state index contributed by atoms with van der Waals surface area (Å²) in [7, 11) is 0. The molecule has 7 heteroatoms. The molecule has 0 atom stereocenters. The number of thioether (sulfide) groups is 1. The lowest BCUT2D eigenvalue weighted by molar-refractivity contribution is -0.142. The van der Waals surface area contributed by atoms with Crippen molar-refractivity contribution in [2.24, 2.45) is 0 Å². The molecule has 1 aromatic heterocycles. The summed E-state index contributed by atoms with van der Waals surface area (Å²) in [6.45, 7) is 3.08. The second kappa shape index (κ2) is 8.92. The Labute approximate surface area is 114 Å². The topological polar surface area (TPSA) is 51.5 Å². The number of carbonyl (C=O) groups is 1. The molecular weight excluding hydrogens is 276 g/mol. The number of alkyl halides is 2. The molecule has 0 radical (unpaired) electrons. The summed E-state index contributed by atoms with van der Waals surface area (Å²) < 4.78 is 34.1. The molecule has 108 valence electrons. The van der Waals surface area contributed by atoms with Crippen LogP contribution in [0, 0.1) is 0 Å². The van der Waals surface area contributed by atoms with Crippen LogP contribution in [0.15, 0.2) is 16.5 Å². The summed E-state index contributed by atoms with van der Waals surface area (Å²) in [5.74, 6) is -1.30. The van der Waals surface area contributed by atoms with Crippen LogP contribution in [0.5, 0.6) is 0 Å². The Morgan fingerprint density at radius 1 is 1.47 bits per heavy atom. The van der Waals surface area contributed by atoms with E-state index in [0.29, 0.717) is 49.4 Å². The Balaban J connectivity index is 2.17. The predicted molar refractivity (Wildman–Crippen MR) is 69.0 cm³/mol. The third kappa shape index (κ3) is 7.17. The molecule has 0 saturated heterocycles. The van der Waals surface area contributed by atoms with Crippen molar-refractivity contribution < 1.29 is 22.7 Å². The number of nitrogens with one attached hydrogen (secondary N) is 1. The van der Waals surface area contributed by atoms with Gasteiger partial charge in [0.15, 0.2) is 0 Å². The summed E-state index contributed by atoms with van der Waals surface area (Å²) in [6, 6.07) is 3.41. The minimum absolute atomic E-state index is 0.153. The molecule has 0 aromatic carbocycles. The molecule has 4 nitrogen and oxygen atoms in total. The van der Waals surface area contributed by atoms with E-state index < -0.39 is 5.76 Å². The van der Waals surface area contributed by atoms with Crippen molar-refractivity contribution in [2.45, 2.75) is 31.4 Å². The molecule has 0 fully saturated rings. The summed E-state index contributed by atoms with van der Waals surface area (Å²) >= 11 is 0.527. The Morgan fingerprint density at radius 3 is 2.89 bits per heavy atom. The highest BCUT2D eigenvalue weighted by Gasteiger charge is 2.07. The molecule has 0 aliphatic carbocycles. The van der Waals surface area contributed by atoms with E-state index in [2.05, 4.69) is 5.32 Å². The maximum atomic E-state index is 12.0. The fourth-order valence-electron chi connectivity index (χ4n) is 1.38. The normalized spacial score (nSPS) is 10.9. The third-order valence-corrected chi connectivity index (χ3v) is 2.88. The molecule has 0 spiro atoms. The molecule has 0 saturated carbocycles. The van der Waals surface area contributed by atoms with Crippen molar-refractivity contribution in [3.05, 3.63) is 23.7 Å². The number of hydrogen-bond donors (Lipinski definition) is 1. The van der Waals surface area contributed by atoms with E-state index in [1.165, 1.54) is 0 Å². The van der Waals surface area contributed by atoms with Gasteiger partial charge in [0.25, 0.3) is 5.76 Å². The average molecular weight is 293 g/mol. The highest BCUT2D eigenvalue weighted by Crippen LogP contribution is 2.21. The van der Waals surface area contributed by atoms with E-state index in [0.717, 1.165) is 0 Å². The van der Waals surface area contributed by atoms with E-state index in [4.69, 9.17) is 9.15 Å². The fraction of sp³-hybridized carbons (Fsp3) is 0.583. The van der Waals surface area contributed by atoms with Crippen molar-refractivity contribution in [3.8, 4) is 0 Å². The van der Waals surface area contributed by atoms with E-state index in [9.17, 15) is 13.6 Å². The Hall–Kier alpha value is -1.08. The molecule has 0 aliphatic rings. The van der Waals surface area contributed by atoms with E-state index in [1.54, 1.807) is 19.1 Å². The summed E-state index contributed by atoms with van der Waals surface area (Å²) in [6.07, 6.45) is 0.294. The van der Waals surface area contributed by atoms with Crippen molar-refractivity contribution in [2.75, 3.05) is 13.2 Å². The molecule has 0 amide bonds. The molecule has 1 heterocycles. The molecule has 19 heavy (non-hydrogen) atoms. The first-order valence-electron chi connectivity index (χ1n) is 5.95. The van der Waals surface area contributed by atoms with Gasteiger partial charge in [0.05, 0.1) is 25.3 Å². The van der Waals surface area contributed by atoms with Crippen molar-refractivity contribution in [3.63, 3.8) is 0 Å². The van der Waals surface area contributed by atoms with Crippen LogP contribution in [0.4, 0.5) is 8.78 Å². The van der Waals surface area contributed by atoms with Crippen LogP contribution < -0.4 is 5.32 Å². The average Bonchev–Trinajstić information content (AvgIpc) is 2.80. The monoisotopic (exact) mass is 293 g/mol. The molecule has 0 aliphatic heterocycles. The second-order valence-corrected chi connectivity index (χ2v) is 4.65. The van der Waals surface area contributed by atoms with E-state index >= 15 is 0 Å². The van der Waals surface area contributed by atoms with Gasteiger partial charge >= 0.3 is 5.97 Å². The minimum atomic E-state index is -2.39. The lowest BCUT2D eigenvalue weighted by Gasteiger charge is -2.03. The number of furan rings is 1. The molecule has 0 bridgehead atoms. The fourth-order valence-corrected chi connectivity index (χ4v) is 1.82. The van der Waals surface area contributed by atoms with Crippen molar-refractivity contribution >= 4 is 17.7 Å². The van der Waals surface area contributed by atoms with Gasteiger partial charge in [-0.05, 0) is 19.1 Å². The lowest BCUT2D eigenvalue weighted by Crippen LogP contribution is -2.18. The van der Waals surface area contributed by atoms with Gasteiger partial charge in [-0.3, -0.25) is 4.79 Å². The Bertz CT molecular complexity index is 385. The maximum absolute atomic E-state index is 12.0. The smallest absolute Gasteiger partial charge is 0.307 e. The standard InChI is InChI=1S/C12H17F2NO3S/c1-2-17-11(16)5-6-15-7-9-3-4-10(18-9)8-19-12(13)14/h3-4,12,15H,2,5-8H2,1H3. The zero-order chi connectivity index (χ0) is 14.1. The SMILES string of the molecule is CCOC(=O)CCNCc1ccc(CSC(F)F)o1. The third-order valence-electron chi connectivity index (χ3n) is 2.18. The molecule has 1 N–H and O–H groups in total. The van der Waals surface area contributed by atoms with Crippen LogP contribution >= 0.6 is 11.8 Å². The first kappa shape index (κ1) is 16.0. The van der Waals surface area contributed by atoms with Crippen molar-refractivity contribution in [1.29, 1.82) is 0 Å². The van der Waals surface area contributed by atoms with E-state index in [1.807, 2.05) is 0 Å². The highest BCUT2D eigenvalue weighted by atomic mass is 32.2. The van der Waals surface area contributed by atoms with Crippen molar-refractivity contribution in [1.82, 2.24) is 5.32 Å². The first-order chi connectivity index (χ1) is 9.11. The number of carbonyl (C=O) groups excluding carboxylic acids is 1. The van der Waals surface area contributed by atoms with Crippen LogP contribution in [-0.2, 0) is 21.8 Å². The van der Waals surface area contributed by atoms with Gasteiger partial charge in [-0.15, -0.1) is 0 Å². The quantitative estimate of drug-likeness (QED) is 0.560. The van der Waals surface area contributed by atoms with Gasteiger partial charge in [-0.1, -0.05) is 11.8 Å². The van der Waals surface area contributed by atoms with Crippen LogP contribution in [0.3, 0.4) is 0 Å². The number of hydrogen-bond acceptors (Lipinski definition) is 5. The number of rotatable bonds is 9. The first-order valence-corrected chi connectivity index (χ1v) is 7.00. The predicted octanol–water partition coefficient (Wildman–Crippen LogP) is 2.78. The highest BCUT2D eigenvalue weighted by molar-refractivity contribution is 7.98. The van der Waals surface area contributed by atoms with Gasteiger partial charge in [0, 0.05) is 6.54 Å². The van der Waals surface area contributed by atoms with Gasteiger partial charge in [0.2, 0.25) is 0 Å². The zero-order valence-corrected chi connectivity index (χ0v) is 11.5. The van der Waals surface area contributed by atoms with Crippen LogP contribution in [0.1, 0.15) is 24.9 Å². The van der Waals surface area contributed by atoms with Crippen LogP contribution in [-0.4, -0.2) is 24.9 Å². The summed E-state index contributed by atoms with van der Waals surface area (Å²) in [5, 5.41) is 3.02. The number of esters is 1. The Kier molecular flexibility index (Phi) is 7.50. The molecule has 1 rings (SSSR count). The number of ether oxygens (including phenoxy) is 1. The largest absolute Gasteiger partial charge is 0.466 e. The lowest BCUT2D eigenvalue weighted by atomic mass is 10.4. The second-order valence-electron chi connectivity index (χ2n) is 3.67. The minimum Gasteiger partial charge on any atom is -0.466 e. The summed E-state index contributed by atoms with van der Waals surface area (Å²) in [4.78, 5) is 11.0. The van der Waals surface area contributed by atoms with Gasteiger partial charge in [0.1, 0.15) is 11.5 Å². The Morgan fingerprint density at radius 2 is 2.21 bits per heavy atom. The van der Waals surface area contributed by atoms with Crippen LogP contribution in [0.25, 0.3) is 0 Å². The van der Waals surface area contributed by atoms with E-state index in [-0.39, 0.29) is 11.7 Å². The molecule has 1 aromatic rings.